The van der Waals surface area contributed by atoms with Crippen molar-refractivity contribution in [2.24, 2.45) is 11.8 Å². The topological polar surface area (TPSA) is 61.8 Å². The van der Waals surface area contributed by atoms with Crippen LogP contribution >= 0.6 is 0 Å². The monoisotopic (exact) mass is 448 g/mol. The highest BCUT2D eigenvalue weighted by molar-refractivity contribution is 5.79. The molecule has 176 valence electrons. The van der Waals surface area contributed by atoms with Gasteiger partial charge in [0.05, 0.1) is 0 Å². The second-order valence-corrected chi connectivity index (χ2v) is 11.4. The Hall–Kier alpha value is -2.37. The number of nitrogens with zero attached hydrogens (tertiary/aromatic N) is 1. The summed E-state index contributed by atoms with van der Waals surface area (Å²) in [5.74, 6) is 1.45. The summed E-state index contributed by atoms with van der Waals surface area (Å²) in [6.07, 6.45) is 3.22. The predicted molar refractivity (Wildman–Crippen MR) is 129 cm³/mol. The van der Waals surface area contributed by atoms with Gasteiger partial charge in [0.25, 0.3) is 0 Å². The molecule has 0 aromatic heterocycles. The summed E-state index contributed by atoms with van der Waals surface area (Å²) >= 11 is 0. The van der Waals surface area contributed by atoms with Gasteiger partial charge in [-0.05, 0) is 80.5 Å². The van der Waals surface area contributed by atoms with Gasteiger partial charge in [-0.1, -0.05) is 55.5 Å². The van der Waals surface area contributed by atoms with Crippen molar-refractivity contribution in [3.8, 4) is 11.1 Å². The van der Waals surface area contributed by atoms with E-state index in [1.807, 2.05) is 26.0 Å². The van der Waals surface area contributed by atoms with E-state index < -0.39 is 5.54 Å². The number of fused-ring (bicyclic) bond motifs is 3. The third-order valence-corrected chi connectivity index (χ3v) is 8.16. The molecule has 2 fully saturated rings. The van der Waals surface area contributed by atoms with Crippen molar-refractivity contribution < 1.29 is 14.7 Å². The predicted octanol–water partition coefficient (Wildman–Crippen LogP) is 5.96. The van der Waals surface area contributed by atoms with Crippen molar-refractivity contribution in [2.75, 3.05) is 6.61 Å². The highest BCUT2D eigenvalue weighted by Crippen LogP contribution is 2.49. The molecule has 2 N–H and O–H groups in total. The lowest BCUT2D eigenvalue weighted by atomic mass is 9.75. The van der Waals surface area contributed by atoms with E-state index in [2.05, 4.69) is 55.6 Å². The fourth-order valence-electron chi connectivity index (χ4n) is 6.44. The van der Waals surface area contributed by atoms with E-state index >= 15 is 0 Å². The number of nitrogens with one attached hydrogen (secondary N) is 1. The number of benzene rings is 2. The quantitative estimate of drug-likeness (QED) is 0.592. The first-order valence-electron chi connectivity index (χ1n) is 12.3. The number of carbonyl (C=O) groups excluding carboxylic acids is 1. The van der Waals surface area contributed by atoms with Crippen LogP contribution in [0.25, 0.3) is 11.1 Å². The molecule has 3 aliphatic rings. The molecule has 2 aromatic rings. The molecule has 0 radical (unpaired) electrons. The number of ether oxygens (including phenoxy) is 1. The van der Waals surface area contributed by atoms with Crippen molar-refractivity contribution in [1.29, 1.82) is 0 Å². The number of piperidine rings is 1. The van der Waals surface area contributed by atoms with Crippen LogP contribution in [0.3, 0.4) is 0 Å². The lowest BCUT2D eigenvalue weighted by Gasteiger charge is -2.53. The maximum atomic E-state index is 12.9. The fraction of sp³-hybridized carbons (Fsp3) is 0.536. The van der Waals surface area contributed by atoms with Gasteiger partial charge in [0, 0.05) is 23.0 Å². The van der Waals surface area contributed by atoms with E-state index in [0.717, 1.165) is 18.8 Å². The zero-order valence-electron chi connectivity index (χ0n) is 20.2. The van der Waals surface area contributed by atoms with E-state index in [9.17, 15) is 10.0 Å². The minimum atomic E-state index is -0.410. The summed E-state index contributed by atoms with van der Waals surface area (Å²) in [6.45, 7) is 8.82. The van der Waals surface area contributed by atoms with Crippen LogP contribution in [0.1, 0.15) is 70.4 Å². The molecule has 1 amide bonds. The summed E-state index contributed by atoms with van der Waals surface area (Å²) in [5.41, 5.74) is 4.12. The van der Waals surface area contributed by atoms with Crippen LogP contribution in [0.15, 0.2) is 48.5 Å². The van der Waals surface area contributed by atoms with Gasteiger partial charge >= 0.3 is 6.09 Å². The zero-order chi connectivity index (χ0) is 23.4. The number of hydrogen-bond acceptors (Lipinski definition) is 4. The Labute approximate surface area is 197 Å². The number of rotatable bonds is 5. The molecule has 3 unspecified atom stereocenters. The summed E-state index contributed by atoms with van der Waals surface area (Å²) < 4.78 is 5.79. The maximum absolute atomic E-state index is 12.9. The molecular weight excluding hydrogens is 412 g/mol. The molecule has 0 bridgehead atoms. The van der Waals surface area contributed by atoms with Crippen molar-refractivity contribution >= 4 is 6.09 Å². The first-order chi connectivity index (χ1) is 15.7. The van der Waals surface area contributed by atoms with Gasteiger partial charge in [-0.25, -0.2) is 4.79 Å². The van der Waals surface area contributed by atoms with Crippen LogP contribution in [0.2, 0.25) is 0 Å². The molecule has 1 saturated heterocycles. The standard InChI is InChI=1S/C28H36N2O3/c1-18-13-19(18)14-28(4)16-20(15-27(2,3)30(28)32)29-26(31)33-17-25-23-11-7-5-9-21(23)22-10-6-8-12-24(22)25/h5-12,18-20,25,32H,13-17H2,1-4H3,(H,29,31)/t18?,19-,20?,28?/m0/s1. The van der Waals surface area contributed by atoms with Gasteiger partial charge in [0.15, 0.2) is 0 Å². The summed E-state index contributed by atoms with van der Waals surface area (Å²) in [5, 5.41) is 15.7. The Bertz CT molecular complexity index is 1010. The van der Waals surface area contributed by atoms with E-state index in [1.165, 1.54) is 28.7 Å². The van der Waals surface area contributed by atoms with Gasteiger partial charge in [-0.3, -0.25) is 0 Å². The Balaban J connectivity index is 1.25. The fourth-order valence-corrected chi connectivity index (χ4v) is 6.44. The molecule has 2 aliphatic carbocycles. The number of hydrogen-bond donors (Lipinski definition) is 2. The molecule has 5 rings (SSSR count). The van der Waals surface area contributed by atoms with Crippen LogP contribution in [-0.4, -0.2) is 40.1 Å². The first-order valence-corrected chi connectivity index (χ1v) is 12.3. The lowest BCUT2D eigenvalue weighted by molar-refractivity contribution is -0.254. The van der Waals surface area contributed by atoms with Crippen molar-refractivity contribution in [3.63, 3.8) is 0 Å². The zero-order valence-corrected chi connectivity index (χ0v) is 20.2. The molecule has 0 spiro atoms. The summed E-state index contributed by atoms with van der Waals surface area (Å²) in [4.78, 5) is 12.9. The van der Waals surface area contributed by atoms with Gasteiger partial charge in [-0.2, -0.15) is 5.06 Å². The smallest absolute Gasteiger partial charge is 0.407 e. The third-order valence-electron chi connectivity index (χ3n) is 8.16. The molecule has 2 aromatic carbocycles. The van der Waals surface area contributed by atoms with Crippen molar-refractivity contribution in [2.45, 2.75) is 76.4 Å². The second kappa shape index (κ2) is 8.14. The van der Waals surface area contributed by atoms with E-state index in [-0.39, 0.29) is 23.6 Å². The number of hydroxylamine groups is 2. The Morgan fingerprint density at radius 2 is 1.64 bits per heavy atom. The van der Waals surface area contributed by atoms with E-state index in [4.69, 9.17) is 4.74 Å². The van der Waals surface area contributed by atoms with Crippen LogP contribution in [0, 0.1) is 11.8 Å². The average Bonchev–Trinajstić information content (AvgIpc) is 3.35. The number of carbonyl (C=O) groups is 1. The molecule has 5 heteroatoms. The Kier molecular flexibility index (Phi) is 5.53. The Morgan fingerprint density at radius 3 is 2.21 bits per heavy atom. The normalized spacial score (nSPS) is 30.4. The second-order valence-electron chi connectivity index (χ2n) is 11.4. The highest BCUT2D eigenvalue weighted by Gasteiger charge is 2.51. The molecule has 33 heavy (non-hydrogen) atoms. The highest BCUT2D eigenvalue weighted by atomic mass is 16.5. The lowest BCUT2D eigenvalue weighted by Crippen LogP contribution is -2.64. The number of amides is 1. The molecular formula is C28H36N2O3. The van der Waals surface area contributed by atoms with Crippen LogP contribution in [-0.2, 0) is 4.74 Å². The van der Waals surface area contributed by atoms with Gasteiger partial charge in [0.1, 0.15) is 6.61 Å². The largest absolute Gasteiger partial charge is 0.449 e. The summed E-state index contributed by atoms with van der Waals surface area (Å²) in [6, 6.07) is 16.7. The van der Waals surface area contributed by atoms with E-state index in [0.29, 0.717) is 18.9 Å². The number of alkyl carbamates (subject to hydrolysis) is 1. The van der Waals surface area contributed by atoms with Crippen molar-refractivity contribution in [3.05, 3.63) is 59.7 Å². The first kappa shape index (κ1) is 22.4. The molecule has 1 saturated carbocycles. The summed E-state index contributed by atoms with van der Waals surface area (Å²) in [7, 11) is 0. The van der Waals surface area contributed by atoms with Gasteiger partial charge in [0.2, 0.25) is 0 Å². The van der Waals surface area contributed by atoms with Crippen LogP contribution < -0.4 is 5.32 Å². The van der Waals surface area contributed by atoms with E-state index in [1.54, 1.807) is 5.06 Å². The average molecular weight is 449 g/mol. The Morgan fingerprint density at radius 1 is 1.06 bits per heavy atom. The molecule has 5 nitrogen and oxygen atoms in total. The third kappa shape index (κ3) is 4.17. The van der Waals surface area contributed by atoms with Gasteiger partial charge < -0.3 is 15.3 Å². The van der Waals surface area contributed by atoms with Crippen LogP contribution in [0.4, 0.5) is 4.79 Å². The van der Waals surface area contributed by atoms with Crippen molar-refractivity contribution in [1.82, 2.24) is 10.4 Å². The molecule has 4 atom stereocenters. The van der Waals surface area contributed by atoms with Crippen LogP contribution in [0.5, 0.6) is 0 Å². The molecule has 1 heterocycles. The maximum Gasteiger partial charge on any atom is 0.407 e. The minimum Gasteiger partial charge on any atom is -0.449 e. The molecule has 1 aliphatic heterocycles. The minimum absolute atomic E-state index is 0.0295. The SMILES string of the molecule is CC1C[C@H]1CC1(C)CC(NC(=O)OCC2c3ccccc3-c3ccccc32)CC(C)(C)N1O. The van der Waals surface area contributed by atoms with Gasteiger partial charge in [-0.15, -0.1) is 0 Å².